The zero-order valence-electron chi connectivity index (χ0n) is 10.2. The molecule has 2 rings (SSSR count). The molecule has 0 amide bonds. The number of thiocarbonyl (C=S) groups is 1. The molecule has 0 bridgehead atoms. The molecule has 0 fully saturated rings. The van der Waals surface area contributed by atoms with Gasteiger partial charge in [-0.05, 0) is 24.4 Å². The maximum absolute atomic E-state index is 12.9. The zero-order valence-corrected chi connectivity index (χ0v) is 11.0. The highest BCUT2D eigenvalue weighted by Gasteiger charge is 2.42. The summed E-state index contributed by atoms with van der Waals surface area (Å²) in [4.78, 5) is 7.81. The number of hydrogen-bond donors (Lipinski definition) is 0. The predicted octanol–water partition coefficient (Wildman–Crippen LogP) is 3.22. The summed E-state index contributed by atoms with van der Waals surface area (Å²) < 4.78 is 48.3. The second-order valence-corrected chi connectivity index (χ2v) is 4.01. The van der Waals surface area contributed by atoms with E-state index in [0.29, 0.717) is 16.5 Å². The van der Waals surface area contributed by atoms with Crippen molar-refractivity contribution in [3.8, 4) is 5.88 Å². The number of benzene rings is 1. The molecule has 20 heavy (non-hydrogen) atoms. The molecular weight excluding hydrogens is 293 g/mol. The SMILES string of the molecule is COc1ncnc2ccc(C(OC=S)C(F)(F)F)cc12. The summed E-state index contributed by atoms with van der Waals surface area (Å²) in [5, 5.41) is 0.370. The van der Waals surface area contributed by atoms with Gasteiger partial charge in [-0.15, -0.1) is 0 Å². The average molecular weight is 302 g/mol. The van der Waals surface area contributed by atoms with Crippen LogP contribution >= 0.6 is 12.2 Å². The highest BCUT2D eigenvalue weighted by molar-refractivity contribution is 7.78. The number of alkyl halides is 3. The summed E-state index contributed by atoms with van der Waals surface area (Å²) >= 11 is 4.35. The van der Waals surface area contributed by atoms with Crippen molar-refractivity contribution in [1.29, 1.82) is 0 Å². The lowest BCUT2D eigenvalue weighted by atomic mass is 10.1. The molecule has 0 aliphatic heterocycles. The van der Waals surface area contributed by atoms with Crippen molar-refractivity contribution in [3.63, 3.8) is 0 Å². The summed E-state index contributed by atoms with van der Waals surface area (Å²) in [7, 11) is 1.38. The second-order valence-electron chi connectivity index (χ2n) is 3.81. The van der Waals surface area contributed by atoms with Crippen LogP contribution in [0.2, 0.25) is 0 Å². The number of fused-ring (bicyclic) bond motifs is 1. The molecule has 106 valence electrons. The van der Waals surface area contributed by atoms with E-state index in [0.717, 1.165) is 0 Å². The molecule has 2 aromatic rings. The van der Waals surface area contributed by atoms with Gasteiger partial charge < -0.3 is 9.47 Å². The number of nitrogens with zero attached hydrogens (tertiary/aromatic N) is 2. The molecule has 0 aliphatic carbocycles. The molecule has 0 radical (unpaired) electrons. The Kier molecular flexibility index (Phi) is 4.03. The Balaban J connectivity index is 2.56. The average Bonchev–Trinajstić information content (AvgIpc) is 2.42. The third-order valence-electron chi connectivity index (χ3n) is 2.61. The van der Waals surface area contributed by atoms with Crippen LogP contribution in [0.3, 0.4) is 0 Å². The standard InChI is InChI=1S/C12H9F3N2O2S/c1-18-11-8-4-7(2-3-9(8)16-5-17-11)10(19-6-20)12(13,14)15/h2-6,10H,1H3. The van der Waals surface area contributed by atoms with E-state index in [4.69, 9.17) is 4.74 Å². The van der Waals surface area contributed by atoms with E-state index in [1.807, 2.05) is 0 Å². The van der Waals surface area contributed by atoms with Crippen molar-refractivity contribution in [2.45, 2.75) is 12.3 Å². The Labute approximate surface area is 117 Å². The maximum atomic E-state index is 12.9. The van der Waals surface area contributed by atoms with Crippen LogP contribution in [0.4, 0.5) is 13.2 Å². The van der Waals surface area contributed by atoms with Crippen molar-refractivity contribution in [2.24, 2.45) is 0 Å². The van der Waals surface area contributed by atoms with E-state index in [-0.39, 0.29) is 11.4 Å². The first kappa shape index (κ1) is 14.4. The fourth-order valence-corrected chi connectivity index (χ4v) is 1.89. The number of halogens is 3. The van der Waals surface area contributed by atoms with Gasteiger partial charge in [-0.1, -0.05) is 6.07 Å². The number of rotatable bonds is 4. The highest BCUT2D eigenvalue weighted by Crippen LogP contribution is 2.37. The van der Waals surface area contributed by atoms with Crippen LogP contribution in [0.15, 0.2) is 24.5 Å². The first-order valence-electron chi connectivity index (χ1n) is 5.42. The molecule has 1 unspecified atom stereocenters. The molecule has 8 heteroatoms. The Morgan fingerprint density at radius 1 is 1.30 bits per heavy atom. The van der Waals surface area contributed by atoms with Crippen LogP contribution in [0.25, 0.3) is 10.9 Å². The highest BCUT2D eigenvalue weighted by atomic mass is 32.1. The molecule has 0 saturated carbocycles. The normalized spacial score (nSPS) is 13.0. The predicted molar refractivity (Wildman–Crippen MR) is 69.6 cm³/mol. The van der Waals surface area contributed by atoms with Crippen LogP contribution < -0.4 is 4.74 Å². The van der Waals surface area contributed by atoms with Gasteiger partial charge in [0.1, 0.15) is 11.9 Å². The Bertz CT molecular complexity index is 634. The monoisotopic (exact) mass is 302 g/mol. The van der Waals surface area contributed by atoms with E-state index >= 15 is 0 Å². The largest absolute Gasteiger partial charge is 0.480 e. The number of methoxy groups -OCH3 is 1. The lowest BCUT2D eigenvalue weighted by molar-refractivity contribution is -0.199. The molecule has 0 saturated heterocycles. The minimum atomic E-state index is -4.58. The van der Waals surface area contributed by atoms with Crippen LogP contribution in [0, 0.1) is 0 Å². The van der Waals surface area contributed by atoms with E-state index in [9.17, 15) is 13.2 Å². The fourth-order valence-electron chi connectivity index (χ4n) is 1.78. The Hall–Kier alpha value is -1.96. The van der Waals surface area contributed by atoms with E-state index in [1.165, 1.54) is 31.6 Å². The smallest absolute Gasteiger partial charge is 0.429 e. The topological polar surface area (TPSA) is 44.2 Å². The van der Waals surface area contributed by atoms with Crippen molar-refractivity contribution >= 4 is 28.7 Å². The van der Waals surface area contributed by atoms with Crippen molar-refractivity contribution in [1.82, 2.24) is 9.97 Å². The molecule has 1 heterocycles. The minimum Gasteiger partial charge on any atom is -0.480 e. The summed E-state index contributed by atoms with van der Waals surface area (Å²) in [5.74, 6) is 0.195. The number of aromatic nitrogens is 2. The quantitative estimate of drug-likeness (QED) is 0.811. The lowest BCUT2D eigenvalue weighted by Gasteiger charge is -2.19. The maximum Gasteiger partial charge on any atom is 0.429 e. The summed E-state index contributed by atoms with van der Waals surface area (Å²) in [6.45, 7) is 0. The first-order chi connectivity index (χ1) is 9.47. The molecule has 0 spiro atoms. The molecular formula is C12H9F3N2O2S. The molecule has 0 aliphatic rings. The van der Waals surface area contributed by atoms with Gasteiger partial charge in [0.25, 0.3) is 0 Å². The molecule has 1 aromatic carbocycles. The first-order valence-corrected chi connectivity index (χ1v) is 5.89. The third kappa shape index (κ3) is 2.79. The van der Waals surface area contributed by atoms with Gasteiger partial charge in [-0.3, -0.25) is 0 Å². The van der Waals surface area contributed by atoms with E-state index < -0.39 is 12.3 Å². The van der Waals surface area contributed by atoms with Crippen LogP contribution in [-0.2, 0) is 4.74 Å². The van der Waals surface area contributed by atoms with Crippen molar-refractivity contribution < 1.29 is 22.6 Å². The molecule has 1 aromatic heterocycles. The van der Waals surface area contributed by atoms with Crippen LogP contribution in [-0.4, -0.2) is 28.8 Å². The molecule has 0 N–H and O–H groups in total. The van der Waals surface area contributed by atoms with Gasteiger partial charge in [0.15, 0.2) is 0 Å². The zero-order chi connectivity index (χ0) is 14.8. The minimum absolute atomic E-state index is 0.0980. The number of hydrogen-bond acceptors (Lipinski definition) is 5. The van der Waals surface area contributed by atoms with E-state index in [2.05, 4.69) is 26.9 Å². The van der Waals surface area contributed by atoms with Crippen LogP contribution in [0.1, 0.15) is 11.7 Å². The summed E-state index contributed by atoms with van der Waals surface area (Å²) in [6, 6.07) is 4.01. The van der Waals surface area contributed by atoms with Gasteiger partial charge >= 0.3 is 6.18 Å². The van der Waals surface area contributed by atoms with Crippen LogP contribution in [0.5, 0.6) is 5.88 Å². The van der Waals surface area contributed by atoms with E-state index in [1.54, 1.807) is 0 Å². The van der Waals surface area contributed by atoms with Crippen molar-refractivity contribution in [3.05, 3.63) is 30.1 Å². The lowest BCUT2D eigenvalue weighted by Crippen LogP contribution is -2.23. The Morgan fingerprint density at radius 2 is 2.05 bits per heavy atom. The number of ether oxygens (including phenoxy) is 2. The Morgan fingerprint density at radius 3 is 2.65 bits per heavy atom. The van der Waals surface area contributed by atoms with Gasteiger partial charge in [0.2, 0.25) is 12.0 Å². The van der Waals surface area contributed by atoms with Crippen molar-refractivity contribution in [2.75, 3.05) is 7.11 Å². The van der Waals surface area contributed by atoms with Gasteiger partial charge in [0, 0.05) is 5.56 Å². The third-order valence-corrected chi connectivity index (χ3v) is 2.72. The second kappa shape index (κ2) is 5.58. The molecule has 4 nitrogen and oxygen atoms in total. The molecule has 1 atom stereocenters. The summed E-state index contributed by atoms with van der Waals surface area (Å²) in [6.07, 6.45) is -5.43. The summed E-state index contributed by atoms with van der Waals surface area (Å²) in [5.41, 5.74) is 0.976. The van der Waals surface area contributed by atoms with Gasteiger partial charge in [0.05, 0.1) is 18.0 Å². The van der Waals surface area contributed by atoms with Gasteiger partial charge in [-0.25, -0.2) is 9.97 Å². The van der Waals surface area contributed by atoms with Gasteiger partial charge in [-0.2, -0.15) is 13.2 Å². The fraction of sp³-hybridized carbons (Fsp3) is 0.250.